The Bertz CT molecular complexity index is 705. The predicted octanol–water partition coefficient (Wildman–Crippen LogP) is 4.57. The van der Waals surface area contributed by atoms with Gasteiger partial charge in [-0.15, -0.1) is 0 Å². The van der Waals surface area contributed by atoms with E-state index in [2.05, 4.69) is 31.9 Å². The van der Waals surface area contributed by atoms with Gasteiger partial charge >= 0.3 is 0 Å². The van der Waals surface area contributed by atoms with Crippen molar-refractivity contribution in [3.05, 3.63) is 67.9 Å². The summed E-state index contributed by atoms with van der Waals surface area (Å²) in [6, 6.07) is 9.72. The molecule has 0 unspecified atom stereocenters. The minimum Gasteiger partial charge on any atom is -0.507 e. The van der Waals surface area contributed by atoms with Crippen molar-refractivity contribution < 1.29 is 10.2 Å². The van der Waals surface area contributed by atoms with Crippen LogP contribution in [-0.4, -0.2) is 10.2 Å². The van der Waals surface area contributed by atoms with Gasteiger partial charge in [-0.1, -0.05) is 31.9 Å². The van der Waals surface area contributed by atoms with Crippen molar-refractivity contribution in [1.29, 1.82) is 0 Å². The van der Waals surface area contributed by atoms with Crippen molar-refractivity contribution in [3.63, 3.8) is 0 Å². The molecule has 4 nitrogen and oxygen atoms in total. The summed E-state index contributed by atoms with van der Waals surface area (Å²) in [6.07, 6.45) is 2.79. The largest absolute Gasteiger partial charge is 0.507 e. The van der Waals surface area contributed by atoms with E-state index >= 15 is 0 Å². The molecule has 2 radical (unpaired) electrons. The second kappa shape index (κ2) is 6.89. The van der Waals surface area contributed by atoms with Crippen molar-refractivity contribution in [2.75, 3.05) is 0 Å². The van der Waals surface area contributed by atoms with E-state index in [1.165, 1.54) is 24.3 Å². The van der Waals surface area contributed by atoms with E-state index in [-0.39, 0.29) is 22.9 Å². The topological polar surface area (TPSA) is 88.1 Å². The molecule has 0 aliphatic rings. The van der Waals surface area contributed by atoms with E-state index in [1.54, 1.807) is 24.3 Å². The molecule has 0 atom stereocenters. The number of phenols is 2. The van der Waals surface area contributed by atoms with E-state index in [0.717, 1.165) is 8.95 Å². The first-order valence-electron chi connectivity index (χ1n) is 6.21. The lowest BCUT2D eigenvalue weighted by atomic mass is 10.1. The summed E-state index contributed by atoms with van der Waals surface area (Å²) in [5, 5.41) is 19.5. The van der Waals surface area contributed by atoms with Crippen molar-refractivity contribution in [1.82, 2.24) is 11.5 Å². The lowest BCUT2D eigenvalue weighted by Gasteiger charge is -2.04. The van der Waals surface area contributed by atoms with Crippen molar-refractivity contribution in [3.8, 4) is 11.5 Å². The highest BCUT2D eigenvalue weighted by molar-refractivity contribution is 9.10. The Morgan fingerprint density at radius 3 is 1.50 bits per heavy atom. The van der Waals surface area contributed by atoms with Gasteiger partial charge in [0.1, 0.15) is 11.5 Å². The summed E-state index contributed by atoms with van der Waals surface area (Å²) in [5.41, 5.74) is 16.6. The first-order valence-corrected chi connectivity index (χ1v) is 7.79. The number of phenolic OH excluding ortho intramolecular Hbond substituents is 2. The summed E-state index contributed by atoms with van der Waals surface area (Å²) in [4.78, 5) is 0. The van der Waals surface area contributed by atoms with Crippen LogP contribution >= 0.6 is 31.9 Å². The van der Waals surface area contributed by atoms with Gasteiger partial charge in [0.15, 0.2) is 0 Å². The molecular weight excluding hydrogens is 412 g/mol. The Morgan fingerprint density at radius 1 is 0.773 bits per heavy atom. The van der Waals surface area contributed by atoms with Gasteiger partial charge in [0.2, 0.25) is 0 Å². The third kappa shape index (κ3) is 4.05. The van der Waals surface area contributed by atoms with Gasteiger partial charge in [-0.05, 0) is 48.6 Å². The van der Waals surface area contributed by atoms with E-state index in [0.29, 0.717) is 11.1 Å². The third-order valence-corrected chi connectivity index (χ3v) is 3.86. The number of hydrogen-bond acceptors (Lipinski definition) is 2. The normalized spacial score (nSPS) is 12.5. The average molecular weight is 424 g/mol. The van der Waals surface area contributed by atoms with Gasteiger partial charge in [-0.25, -0.2) is 0 Å². The van der Waals surface area contributed by atoms with Crippen LogP contribution in [-0.2, 0) is 0 Å². The van der Waals surface area contributed by atoms with Crippen LogP contribution in [0.25, 0.3) is 12.2 Å². The summed E-state index contributed by atoms with van der Waals surface area (Å²) in [7, 11) is 0. The first kappa shape index (κ1) is 16.5. The monoisotopic (exact) mass is 422 g/mol. The molecule has 6 heteroatoms. The zero-order valence-electron chi connectivity index (χ0n) is 11.3. The fraction of sp³-hybridized carbons (Fsp3) is 0. The molecule has 22 heavy (non-hydrogen) atoms. The second-order valence-electron chi connectivity index (χ2n) is 4.52. The van der Waals surface area contributed by atoms with Crippen LogP contribution in [0, 0.1) is 0 Å². The highest BCUT2D eigenvalue weighted by atomic mass is 79.9. The summed E-state index contributed by atoms with van der Waals surface area (Å²) in [6.45, 7) is 0. The predicted molar refractivity (Wildman–Crippen MR) is 93.8 cm³/mol. The fourth-order valence-electron chi connectivity index (χ4n) is 1.75. The highest BCUT2D eigenvalue weighted by Gasteiger charge is 2.05. The Hall–Kier alpha value is -1.92. The molecule has 0 saturated heterocycles. The molecule has 0 aliphatic heterocycles. The van der Waals surface area contributed by atoms with Gasteiger partial charge in [0.25, 0.3) is 0 Å². The second-order valence-corrected chi connectivity index (χ2v) is 6.35. The zero-order valence-corrected chi connectivity index (χ0v) is 14.4. The number of nitrogens with one attached hydrogen (secondary N) is 2. The first-order chi connectivity index (χ1) is 10.4. The van der Waals surface area contributed by atoms with Gasteiger partial charge in [0, 0.05) is 20.1 Å². The molecule has 112 valence electrons. The van der Waals surface area contributed by atoms with E-state index in [4.69, 9.17) is 11.5 Å². The smallest absolute Gasteiger partial charge is 0.122 e. The average Bonchev–Trinajstić information content (AvgIpc) is 2.46. The minimum absolute atomic E-state index is 0.0334. The molecule has 0 heterocycles. The molecule has 0 saturated carbocycles. The molecule has 0 aromatic heterocycles. The SMILES string of the molecule is [NH]C(=Cc1cc(Br)ccc1O)C([NH])=Cc1cc(Br)ccc1O. The molecule has 0 bridgehead atoms. The minimum atomic E-state index is -0.0761. The molecule has 0 spiro atoms. The molecular formula is C16H12Br2N2O2. The highest BCUT2D eigenvalue weighted by Crippen LogP contribution is 2.27. The van der Waals surface area contributed by atoms with Gasteiger partial charge < -0.3 is 10.2 Å². The fourth-order valence-corrected chi connectivity index (χ4v) is 2.51. The Labute approximate surface area is 145 Å². The quantitative estimate of drug-likeness (QED) is 0.708. The number of rotatable bonds is 3. The van der Waals surface area contributed by atoms with Crippen molar-refractivity contribution in [2.45, 2.75) is 0 Å². The van der Waals surface area contributed by atoms with Crippen LogP contribution in [0.2, 0.25) is 0 Å². The van der Waals surface area contributed by atoms with Crippen LogP contribution in [0.5, 0.6) is 11.5 Å². The number of benzene rings is 2. The number of hydrogen-bond donors (Lipinski definition) is 2. The summed E-state index contributed by atoms with van der Waals surface area (Å²) < 4.78 is 1.54. The maximum atomic E-state index is 9.76. The maximum Gasteiger partial charge on any atom is 0.122 e. The lowest BCUT2D eigenvalue weighted by Crippen LogP contribution is -1.92. The maximum absolute atomic E-state index is 9.76. The van der Waals surface area contributed by atoms with Crippen molar-refractivity contribution >= 4 is 44.0 Å². The van der Waals surface area contributed by atoms with Gasteiger partial charge in [-0.3, -0.25) is 11.5 Å². The Balaban J connectivity index is 2.37. The summed E-state index contributed by atoms with van der Waals surface area (Å²) >= 11 is 6.59. The van der Waals surface area contributed by atoms with Crippen molar-refractivity contribution in [2.24, 2.45) is 0 Å². The zero-order chi connectivity index (χ0) is 16.3. The third-order valence-electron chi connectivity index (χ3n) is 2.87. The molecule has 4 N–H and O–H groups in total. The molecule has 0 fully saturated rings. The number of halogens is 2. The van der Waals surface area contributed by atoms with E-state index < -0.39 is 0 Å². The molecule has 2 aromatic rings. The van der Waals surface area contributed by atoms with Crippen LogP contribution in [0.4, 0.5) is 0 Å². The molecule has 2 aromatic carbocycles. The van der Waals surface area contributed by atoms with Crippen LogP contribution in [0.15, 0.2) is 56.7 Å². The van der Waals surface area contributed by atoms with E-state index in [1.807, 2.05) is 0 Å². The Morgan fingerprint density at radius 2 is 1.14 bits per heavy atom. The van der Waals surface area contributed by atoms with E-state index in [9.17, 15) is 10.2 Å². The lowest BCUT2D eigenvalue weighted by molar-refractivity contribution is 0.473. The summed E-state index contributed by atoms with van der Waals surface area (Å²) in [5.74, 6) is 0.0668. The molecule has 0 amide bonds. The Kier molecular flexibility index (Phi) is 5.15. The van der Waals surface area contributed by atoms with Gasteiger partial charge in [0.05, 0.1) is 11.4 Å². The molecule has 0 aliphatic carbocycles. The van der Waals surface area contributed by atoms with Gasteiger partial charge in [-0.2, -0.15) is 0 Å². The number of aromatic hydroxyl groups is 2. The van der Waals surface area contributed by atoms with Crippen LogP contribution in [0.3, 0.4) is 0 Å². The molecule has 2 rings (SSSR count). The van der Waals surface area contributed by atoms with Crippen LogP contribution in [0.1, 0.15) is 11.1 Å². The standard InChI is InChI=1S/C16H12Br2N2O2/c17-11-1-3-15(21)9(5-11)7-13(19)14(20)8-10-6-12(18)2-4-16(10)22/h1-8,19-22H. The van der Waals surface area contributed by atoms with Crippen LogP contribution < -0.4 is 11.5 Å².